The van der Waals surface area contributed by atoms with Crippen molar-refractivity contribution < 1.29 is 4.79 Å². The molecule has 0 saturated carbocycles. The molecule has 19 heavy (non-hydrogen) atoms. The van der Waals surface area contributed by atoms with Crippen molar-refractivity contribution in [2.24, 2.45) is 0 Å². The number of anilines is 1. The molecule has 0 bridgehead atoms. The minimum atomic E-state index is 0.688. The topological polar surface area (TPSA) is 54.0 Å². The van der Waals surface area contributed by atoms with E-state index in [1.807, 2.05) is 49.5 Å². The van der Waals surface area contributed by atoms with Gasteiger partial charge in [-0.15, -0.1) is 0 Å². The number of aromatic nitrogens is 1. The van der Waals surface area contributed by atoms with Gasteiger partial charge in [-0.2, -0.15) is 0 Å². The molecule has 1 heterocycles. The van der Waals surface area contributed by atoms with Crippen LogP contribution in [0.3, 0.4) is 0 Å². The fourth-order valence-electron chi connectivity index (χ4n) is 1.43. The highest BCUT2D eigenvalue weighted by molar-refractivity contribution is 5.45. The number of carbonyl (C=O) groups excluding carboxylic acids is 1. The van der Waals surface area contributed by atoms with Gasteiger partial charge < -0.3 is 10.6 Å². The minimum Gasteiger partial charge on any atom is -0.388 e. The van der Waals surface area contributed by atoms with Gasteiger partial charge in [-0.1, -0.05) is 18.2 Å². The maximum absolute atomic E-state index is 9.87. The van der Waals surface area contributed by atoms with Crippen molar-refractivity contribution in [2.75, 3.05) is 18.9 Å². The van der Waals surface area contributed by atoms with Crippen LogP contribution >= 0.6 is 0 Å². The molecule has 100 valence electrons. The number of nitrogens with one attached hydrogen (secondary N) is 2. The van der Waals surface area contributed by atoms with Crippen LogP contribution in [0.4, 0.5) is 5.69 Å². The number of hydrogen-bond donors (Lipinski definition) is 2. The summed E-state index contributed by atoms with van der Waals surface area (Å²) in [6.45, 7) is 0.688. The van der Waals surface area contributed by atoms with Crippen molar-refractivity contribution >= 4 is 12.1 Å². The average Bonchev–Trinajstić information content (AvgIpc) is 2.50. The Morgan fingerprint density at radius 3 is 2.32 bits per heavy atom. The number of para-hydroxylation sites is 1. The Morgan fingerprint density at radius 2 is 1.79 bits per heavy atom. The Hall–Kier alpha value is -2.36. The van der Waals surface area contributed by atoms with E-state index in [-0.39, 0.29) is 0 Å². The molecule has 0 radical (unpaired) electrons. The quantitative estimate of drug-likeness (QED) is 0.637. The van der Waals surface area contributed by atoms with Gasteiger partial charge in [0.25, 0.3) is 0 Å². The monoisotopic (exact) mass is 257 g/mol. The summed E-state index contributed by atoms with van der Waals surface area (Å²) in [5.74, 6) is 0. The molecule has 0 unspecified atom stereocenters. The molecule has 0 atom stereocenters. The van der Waals surface area contributed by atoms with E-state index < -0.39 is 0 Å². The van der Waals surface area contributed by atoms with Crippen LogP contribution in [0.15, 0.2) is 54.9 Å². The van der Waals surface area contributed by atoms with Crippen molar-refractivity contribution in [3.8, 4) is 0 Å². The lowest BCUT2D eigenvalue weighted by molar-refractivity contribution is -0.109. The molecule has 0 fully saturated rings. The Bertz CT molecular complexity index is 445. The van der Waals surface area contributed by atoms with Crippen LogP contribution in [0, 0.1) is 0 Å². The van der Waals surface area contributed by atoms with Crippen LogP contribution in [0.5, 0.6) is 0 Å². The standard InChI is InChI=1S/C8H10N2O.C7H9N/c11-7-10-6-3-8-1-4-9-5-2-8;1-8-7-5-3-2-4-6-7/h1-2,4-5,7H,3,6H2,(H,10,11);2-6,8H,1H3. The number of nitrogens with zero attached hydrogens (tertiary/aromatic N) is 1. The summed E-state index contributed by atoms with van der Waals surface area (Å²) in [7, 11) is 1.91. The Kier molecular flexibility index (Phi) is 7.46. The van der Waals surface area contributed by atoms with E-state index in [1.54, 1.807) is 12.4 Å². The van der Waals surface area contributed by atoms with E-state index in [1.165, 1.54) is 5.56 Å². The summed E-state index contributed by atoms with van der Waals surface area (Å²) >= 11 is 0. The first-order valence-electron chi connectivity index (χ1n) is 6.15. The lowest BCUT2D eigenvalue weighted by atomic mass is 10.2. The van der Waals surface area contributed by atoms with E-state index in [4.69, 9.17) is 0 Å². The maximum atomic E-state index is 9.87. The minimum absolute atomic E-state index is 0.688. The van der Waals surface area contributed by atoms with Gasteiger partial charge in [0.15, 0.2) is 0 Å². The fourth-order valence-corrected chi connectivity index (χ4v) is 1.43. The van der Waals surface area contributed by atoms with Gasteiger partial charge in [0.05, 0.1) is 0 Å². The Morgan fingerprint density at radius 1 is 1.11 bits per heavy atom. The summed E-state index contributed by atoms with van der Waals surface area (Å²) in [5, 5.41) is 5.62. The summed E-state index contributed by atoms with van der Waals surface area (Å²) in [6.07, 6.45) is 5.06. The molecule has 1 aromatic carbocycles. The predicted molar refractivity (Wildman–Crippen MR) is 78.0 cm³/mol. The SMILES string of the molecule is CNc1ccccc1.O=CNCCc1ccncc1. The molecule has 2 aromatic rings. The normalized spacial score (nSPS) is 8.89. The smallest absolute Gasteiger partial charge is 0.207 e. The second-order valence-corrected chi connectivity index (χ2v) is 3.79. The first-order valence-corrected chi connectivity index (χ1v) is 6.15. The van der Waals surface area contributed by atoms with E-state index >= 15 is 0 Å². The second-order valence-electron chi connectivity index (χ2n) is 3.79. The summed E-state index contributed by atoms with van der Waals surface area (Å²) < 4.78 is 0. The van der Waals surface area contributed by atoms with Crippen LogP contribution in [0.25, 0.3) is 0 Å². The molecule has 2 N–H and O–H groups in total. The van der Waals surface area contributed by atoms with E-state index in [0.717, 1.165) is 12.1 Å². The third-order valence-corrected chi connectivity index (χ3v) is 2.45. The molecule has 0 saturated heterocycles. The summed E-state index contributed by atoms with van der Waals surface area (Å²) in [5.41, 5.74) is 2.35. The molecule has 4 heteroatoms. The number of hydrogen-bond acceptors (Lipinski definition) is 3. The van der Waals surface area contributed by atoms with Crippen molar-refractivity contribution in [3.63, 3.8) is 0 Å². The zero-order valence-electron chi connectivity index (χ0n) is 11.0. The molecule has 1 aromatic heterocycles. The van der Waals surface area contributed by atoms with Crippen LogP contribution in [-0.4, -0.2) is 25.0 Å². The van der Waals surface area contributed by atoms with Crippen LogP contribution in [-0.2, 0) is 11.2 Å². The molecule has 4 nitrogen and oxygen atoms in total. The first kappa shape index (κ1) is 14.7. The summed E-state index contributed by atoms with van der Waals surface area (Å²) in [4.78, 5) is 13.8. The molecule has 1 amide bonds. The van der Waals surface area contributed by atoms with Crippen LogP contribution < -0.4 is 10.6 Å². The number of benzene rings is 1. The van der Waals surface area contributed by atoms with Gasteiger partial charge in [0.2, 0.25) is 6.41 Å². The zero-order valence-corrected chi connectivity index (χ0v) is 11.0. The van der Waals surface area contributed by atoms with Gasteiger partial charge in [-0.25, -0.2) is 0 Å². The highest BCUT2D eigenvalue weighted by atomic mass is 16.1. The lowest BCUT2D eigenvalue weighted by Crippen LogP contribution is -2.14. The molecular weight excluding hydrogens is 238 g/mol. The molecule has 0 aliphatic heterocycles. The average molecular weight is 257 g/mol. The first-order chi connectivity index (χ1) is 9.36. The number of carbonyl (C=O) groups is 1. The third-order valence-electron chi connectivity index (χ3n) is 2.45. The predicted octanol–water partition coefficient (Wildman–Crippen LogP) is 2.10. The van der Waals surface area contributed by atoms with Gasteiger partial charge in [-0.05, 0) is 36.2 Å². The molecule has 0 aliphatic carbocycles. The molecule has 2 rings (SSSR count). The van der Waals surface area contributed by atoms with Gasteiger partial charge in [-0.3, -0.25) is 9.78 Å². The number of pyridine rings is 1. The number of amides is 1. The van der Waals surface area contributed by atoms with Crippen molar-refractivity contribution in [1.82, 2.24) is 10.3 Å². The van der Waals surface area contributed by atoms with Gasteiger partial charge in [0, 0.05) is 31.7 Å². The number of rotatable bonds is 5. The molecular formula is C15H19N3O. The third kappa shape index (κ3) is 6.83. The highest BCUT2D eigenvalue weighted by Gasteiger charge is 1.88. The Balaban J connectivity index is 0.000000200. The molecule has 0 spiro atoms. The van der Waals surface area contributed by atoms with E-state index in [0.29, 0.717) is 13.0 Å². The lowest BCUT2D eigenvalue weighted by Gasteiger charge is -1.97. The van der Waals surface area contributed by atoms with Crippen molar-refractivity contribution in [3.05, 3.63) is 60.4 Å². The van der Waals surface area contributed by atoms with Gasteiger partial charge >= 0.3 is 0 Å². The van der Waals surface area contributed by atoms with Crippen molar-refractivity contribution in [1.29, 1.82) is 0 Å². The highest BCUT2D eigenvalue weighted by Crippen LogP contribution is 2.01. The van der Waals surface area contributed by atoms with E-state index in [2.05, 4.69) is 15.6 Å². The largest absolute Gasteiger partial charge is 0.388 e. The van der Waals surface area contributed by atoms with E-state index in [9.17, 15) is 4.79 Å². The zero-order chi connectivity index (χ0) is 13.8. The Labute approximate surface area is 113 Å². The van der Waals surface area contributed by atoms with Crippen molar-refractivity contribution in [2.45, 2.75) is 6.42 Å². The van der Waals surface area contributed by atoms with Gasteiger partial charge in [0.1, 0.15) is 0 Å². The van der Waals surface area contributed by atoms with Crippen LogP contribution in [0.1, 0.15) is 5.56 Å². The van der Waals surface area contributed by atoms with Crippen LogP contribution in [0.2, 0.25) is 0 Å². The second kappa shape index (κ2) is 9.65. The maximum Gasteiger partial charge on any atom is 0.207 e. The molecule has 0 aliphatic rings. The fraction of sp³-hybridized carbons (Fsp3) is 0.200. The summed E-state index contributed by atoms with van der Waals surface area (Å²) in [6, 6.07) is 13.9.